The zero-order valence-electron chi connectivity index (χ0n) is 16.8. The SMILES string of the molecule is COc1cc2c(c(OC)c1OC(=O)C(C)(C)C)C(C(OC)SC)CCC2. The summed E-state index contributed by atoms with van der Waals surface area (Å²) in [4.78, 5) is 12.5. The highest BCUT2D eigenvalue weighted by molar-refractivity contribution is 7.99. The topological polar surface area (TPSA) is 54.0 Å². The number of hydrogen-bond acceptors (Lipinski definition) is 6. The number of thioether (sulfide) groups is 1. The van der Waals surface area contributed by atoms with Crippen LogP contribution in [-0.4, -0.2) is 39.0 Å². The summed E-state index contributed by atoms with van der Waals surface area (Å²) < 4.78 is 22.7. The zero-order chi connectivity index (χ0) is 19.5. The lowest BCUT2D eigenvalue weighted by molar-refractivity contribution is -0.143. The molecule has 6 heteroatoms. The summed E-state index contributed by atoms with van der Waals surface area (Å²) in [5.74, 6) is 1.31. The third-order valence-corrected chi connectivity index (χ3v) is 5.67. The molecule has 0 spiro atoms. The molecule has 0 aromatic heterocycles. The molecular weight excluding hydrogens is 352 g/mol. The van der Waals surface area contributed by atoms with Crippen molar-refractivity contribution >= 4 is 17.7 Å². The summed E-state index contributed by atoms with van der Waals surface area (Å²) >= 11 is 1.68. The van der Waals surface area contributed by atoms with Crippen LogP contribution < -0.4 is 14.2 Å². The molecule has 0 saturated carbocycles. The number of rotatable bonds is 6. The number of carbonyl (C=O) groups excluding carboxylic acids is 1. The fraction of sp³-hybridized carbons (Fsp3) is 0.650. The molecule has 0 heterocycles. The standard InChI is InChI=1S/C20H30O5S/c1-20(2,3)19(21)25-16-14(22-4)11-12-9-8-10-13(18(24-6)26-7)15(12)17(16)23-5/h11,13,18H,8-10H2,1-7H3. The minimum Gasteiger partial charge on any atom is -0.493 e. The number of esters is 1. The third-order valence-electron chi connectivity index (χ3n) is 4.68. The van der Waals surface area contributed by atoms with Gasteiger partial charge in [0.05, 0.1) is 19.6 Å². The van der Waals surface area contributed by atoms with E-state index in [1.54, 1.807) is 33.1 Å². The molecule has 0 N–H and O–H groups in total. The minimum absolute atomic E-state index is 0.0162. The third kappa shape index (κ3) is 4.12. The Morgan fingerprint density at radius 3 is 2.38 bits per heavy atom. The second kappa shape index (κ2) is 8.53. The average Bonchev–Trinajstić information content (AvgIpc) is 2.61. The Balaban J connectivity index is 2.62. The number of methoxy groups -OCH3 is 3. The van der Waals surface area contributed by atoms with Crippen molar-refractivity contribution < 1.29 is 23.7 Å². The van der Waals surface area contributed by atoms with Crippen LogP contribution in [0.25, 0.3) is 0 Å². The average molecular weight is 383 g/mol. The van der Waals surface area contributed by atoms with E-state index in [0.717, 1.165) is 24.8 Å². The number of ether oxygens (including phenoxy) is 4. The number of hydrogen-bond donors (Lipinski definition) is 0. The molecular formula is C20H30O5S. The van der Waals surface area contributed by atoms with Crippen molar-refractivity contribution in [2.75, 3.05) is 27.6 Å². The van der Waals surface area contributed by atoms with Crippen molar-refractivity contribution in [2.24, 2.45) is 5.41 Å². The fourth-order valence-electron chi connectivity index (χ4n) is 3.35. The molecule has 5 nitrogen and oxygen atoms in total. The first-order valence-electron chi connectivity index (χ1n) is 8.84. The number of fused-ring (bicyclic) bond motifs is 1. The van der Waals surface area contributed by atoms with E-state index in [4.69, 9.17) is 18.9 Å². The van der Waals surface area contributed by atoms with Gasteiger partial charge in [-0.25, -0.2) is 0 Å². The van der Waals surface area contributed by atoms with E-state index < -0.39 is 5.41 Å². The molecule has 1 aliphatic rings. The van der Waals surface area contributed by atoms with Crippen molar-refractivity contribution in [1.82, 2.24) is 0 Å². The van der Waals surface area contributed by atoms with Gasteiger partial charge in [-0.3, -0.25) is 4.79 Å². The van der Waals surface area contributed by atoms with E-state index in [1.165, 1.54) is 5.56 Å². The lowest BCUT2D eigenvalue weighted by Gasteiger charge is -2.33. The molecule has 1 aromatic rings. The van der Waals surface area contributed by atoms with Gasteiger partial charge in [0, 0.05) is 18.6 Å². The molecule has 0 amide bonds. The lowest BCUT2D eigenvalue weighted by atomic mass is 9.82. The van der Waals surface area contributed by atoms with Gasteiger partial charge in [0.2, 0.25) is 5.75 Å². The van der Waals surface area contributed by atoms with Crippen molar-refractivity contribution in [3.63, 3.8) is 0 Å². The van der Waals surface area contributed by atoms with Crippen molar-refractivity contribution in [2.45, 2.75) is 51.4 Å². The summed E-state index contributed by atoms with van der Waals surface area (Å²) in [7, 11) is 4.91. The van der Waals surface area contributed by atoms with Gasteiger partial charge in [-0.1, -0.05) is 0 Å². The quantitative estimate of drug-likeness (QED) is 0.413. The van der Waals surface area contributed by atoms with E-state index in [2.05, 4.69) is 0 Å². The Kier molecular flexibility index (Phi) is 6.86. The molecule has 146 valence electrons. The normalized spacial score (nSPS) is 18.0. The number of carbonyl (C=O) groups is 1. The molecule has 0 fully saturated rings. The highest BCUT2D eigenvalue weighted by Crippen LogP contribution is 2.51. The first-order valence-corrected chi connectivity index (χ1v) is 10.1. The molecule has 26 heavy (non-hydrogen) atoms. The first kappa shape index (κ1) is 20.9. The maximum atomic E-state index is 12.5. The van der Waals surface area contributed by atoms with Crippen molar-refractivity contribution in [1.29, 1.82) is 0 Å². The Labute approximate surface area is 160 Å². The summed E-state index contributed by atoms with van der Waals surface area (Å²) in [5.41, 5.74) is 1.63. The van der Waals surface area contributed by atoms with Crippen LogP contribution in [0.3, 0.4) is 0 Å². The minimum atomic E-state index is -0.625. The highest BCUT2D eigenvalue weighted by Gasteiger charge is 2.35. The Bertz CT molecular complexity index is 647. The van der Waals surface area contributed by atoms with E-state index in [-0.39, 0.29) is 17.3 Å². The second-order valence-corrected chi connectivity index (χ2v) is 8.43. The summed E-state index contributed by atoms with van der Waals surface area (Å²) in [6.07, 6.45) is 5.06. The largest absolute Gasteiger partial charge is 0.493 e. The van der Waals surface area contributed by atoms with Gasteiger partial charge in [0.1, 0.15) is 5.44 Å². The maximum absolute atomic E-state index is 12.5. The van der Waals surface area contributed by atoms with Crippen LogP contribution in [0.15, 0.2) is 6.07 Å². The van der Waals surface area contributed by atoms with Gasteiger partial charge in [-0.2, -0.15) is 0 Å². The van der Waals surface area contributed by atoms with Gasteiger partial charge in [-0.05, 0) is 57.9 Å². The van der Waals surface area contributed by atoms with Crippen LogP contribution >= 0.6 is 11.8 Å². The molecule has 2 unspecified atom stereocenters. The molecule has 0 bridgehead atoms. The van der Waals surface area contributed by atoms with Crippen LogP contribution in [0, 0.1) is 5.41 Å². The number of aryl methyl sites for hydroxylation is 1. The van der Waals surface area contributed by atoms with Gasteiger partial charge in [0.15, 0.2) is 11.5 Å². The van der Waals surface area contributed by atoms with Crippen LogP contribution in [0.1, 0.15) is 50.7 Å². The lowest BCUT2D eigenvalue weighted by Crippen LogP contribution is -2.27. The van der Waals surface area contributed by atoms with Crippen LogP contribution in [0.2, 0.25) is 0 Å². The molecule has 0 radical (unpaired) electrons. The molecule has 2 atom stereocenters. The second-order valence-electron chi connectivity index (χ2n) is 7.49. The van der Waals surface area contributed by atoms with E-state index in [1.807, 2.05) is 33.1 Å². The zero-order valence-corrected chi connectivity index (χ0v) is 17.6. The summed E-state index contributed by atoms with van der Waals surface area (Å²) in [6, 6.07) is 1.97. The fourth-order valence-corrected chi connectivity index (χ4v) is 4.14. The highest BCUT2D eigenvalue weighted by atomic mass is 32.2. The molecule has 1 aliphatic carbocycles. The summed E-state index contributed by atoms with van der Waals surface area (Å²) in [5, 5.41) is 0. The van der Waals surface area contributed by atoms with Crippen LogP contribution in [-0.2, 0) is 16.0 Å². The van der Waals surface area contributed by atoms with Crippen molar-refractivity contribution in [3.8, 4) is 17.2 Å². The summed E-state index contributed by atoms with van der Waals surface area (Å²) in [6.45, 7) is 5.47. The van der Waals surface area contributed by atoms with E-state index in [9.17, 15) is 4.79 Å². The van der Waals surface area contributed by atoms with Crippen LogP contribution in [0.4, 0.5) is 0 Å². The van der Waals surface area contributed by atoms with Gasteiger partial charge in [0.25, 0.3) is 0 Å². The smallest absolute Gasteiger partial charge is 0.316 e. The van der Waals surface area contributed by atoms with Gasteiger partial charge < -0.3 is 18.9 Å². The number of benzene rings is 1. The van der Waals surface area contributed by atoms with Gasteiger partial charge in [-0.15, -0.1) is 11.8 Å². The Morgan fingerprint density at radius 1 is 1.19 bits per heavy atom. The first-order chi connectivity index (χ1) is 12.3. The molecule has 1 aromatic carbocycles. The van der Waals surface area contributed by atoms with Crippen LogP contribution in [0.5, 0.6) is 17.2 Å². The van der Waals surface area contributed by atoms with E-state index >= 15 is 0 Å². The van der Waals surface area contributed by atoms with E-state index in [0.29, 0.717) is 17.2 Å². The Morgan fingerprint density at radius 2 is 1.88 bits per heavy atom. The monoisotopic (exact) mass is 382 g/mol. The molecule has 0 aliphatic heterocycles. The predicted molar refractivity (Wildman–Crippen MR) is 105 cm³/mol. The Hall–Kier alpha value is -1.40. The molecule has 0 saturated heterocycles. The predicted octanol–water partition coefficient (Wildman–Crippen LogP) is 4.41. The van der Waals surface area contributed by atoms with Gasteiger partial charge >= 0.3 is 5.97 Å². The maximum Gasteiger partial charge on any atom is 0.316 e. The molecule has 2 rings (SSSR count). The van der Waals surface area contributed by atoms with Crippen molar-refractivity contribution in [3.05, 3.63) is 17.2 Å².